The predicted molar refractivity (Wildman–Crippen MR) is 28.2 cm³/mol. The summed E-state index contributed by atoms with van der Waals surface area (Å²) in [5, 5.41) is 0.595. The van der Waals surface area contributed by atoms with E-state index in [4.69, 9.17) is 5.73 Å². The van der Waals surface area contributed by atoms with Crippen molar-refractivity contribution in [1.29, 1.82) is 0 Å². The minimum atomic E-state index is -0.973. The van der Waals surface area contributed by atoms with Crippen LogP contribution in [0.25, 0.3) is 0 Å². The van der Waals surface area contributed by atoms with Crippen molar-refractivity contribution in [2.45, 2.75) is 0 Å². The van der Waals surface area contributed by atoms with Gasteiger partial charge in [-0.3, -0.25) is 0 Å². The van der Waals surface area contributed by atoms with Crippen molar-refractivity contribution in [3.63, 3.8) is 0 Å². The number of nitrogens with one attached hydrogen (secondary N) is 1. The average Bonchev–Trinajstić information content (AvgIpc) is 1.61. The second-order valence-corrected chi connectivity index (χ2v) is 1.62. The van der Waals surface area contributed by atoms with Crippen LogP contribution in [-0.4, -0.2) is 18.0 Å². The molecular formula is C3H5BrNO2. The Morgan fingerprint density at radius 3 is 2.57 bits per heavy atom. The summed E-state index contributed by atoms with van der Waals surface area (Å²) in [6.07, 6.45) is -0.973. The van der Waals surface area contributed by atoms with Gasteiger partial charge in [-0.05, 0) is 0 Å². The molecule has 3 nitrogen and oxygen atoms in total. The molecule has 0 aliphatic rings. The smallest absolute Gasteiger partial charge is 0.426 e. The van der Waals surface area contributed by atoms with Crippen LogP contribution >= 0.6 is 15.9 Å². The van der Waals surface area contributed by atoms with Gasteiger partial charge < -0.3 is 4.74 Å². The molecule has 0 saturated carbocycles. The lowest BCUT2D eigenvalue weighted by atomic mass is 10.9. The van der Waals surface area contributed by atoms with Gasteiger partial charge >= 0.3 is 6.09 Å². The van der Waals surface area contributed by atoms with Crippen LogP contribution in [0.4, 0.5) is 4.79 Å². The number of amides is 1. The van der Waals surface area contributed by atoms with Crippen molar-refractivity contribution in [1.82, 2.24) is 5.73 Å². The lowest BCUT2D eigenvalue weighted by Gasteiger charge is -1.91. The fourth-order valence-corrected chi connectivity index (χ4v) is 0.293. The highest BCUT2D eigenvalue weighted by molar-refractivity contribution is 9.09. The molecule has 0 aliphatic heterocycles. The first-order valence-electron chi connectivity index (χ1n) is 1.71. The molecule has 0 unspecified atom stereocenters. The van der Waals surface area contributed by atoms with Gasteiger partial charge in [0, 0.05) is 5.33 Å². The molecule has 0 atom stereocenters. The van der Waals surface area contributed by atoms with E-state index >= 15 is 0 Å². The second-order valence-electron chi connectivity index (χ2n) is 0.825. The maximum Gasteiger partial charge on any atom is 0.426 e. The number of hydrogen-bond donors (Lipinski definition) is 0. The molecule has 0 aliphatic carbocycles. The minimum absolute atomic E-state index is 0.280. The van der Waals surface area contributed by atoms with Crippen LogP contribution in [0, 0.1) is 0 Å². The van der Waals surface area contributed by atoms with E-state index in [0.29, 0.717) is 5.33 Å². The molecule has 0 saturated heterocycles. The highest BCUT2D eigenvalue weighted by atomic mass is 79.9. The van der Waals surface area contributed by atoms with Gasteiger partial charge in [-0.1, -0.05) is 15.9 Å². The molecule has 1 radical (unpaired) electrons. The van der Waals surface area contributed by atoms with Crippen LogP contribution in [0.15, 0.2) is 0 Å². The van der Waals surface area contributed by atoms with E-state index in [2.05, 4.69) is 20.7 Å². The van der Waals surface area contributed by atoms with Gasteiger partial charge in [0.05, 0.1) is 0 Å². The third-order valence-corrected chi connectivity index (χ3v) is 0.634. The zero-order valence-electron chi connectivity index (χ0n) is 3.61. The zero-order valence-corrected chi connectivity index (χ0v) is 5.19. The van der Waals surface area contributed by atoms with E-state index in [0.717, 1.165) is 0 Å². The van der Waals surface area contributed by atoms with Gasteiger partial charge in [0.2, 0.25) is 0 Å². The standard InChI is InChI=1S/C3H5BrNO2/c4-1-2-7-3(5)6/h5H,1-2H2. The number of halogens is 1. The van der Waals surface area contributed by atoms with Gasteiger partial charge in [0.25, 0.3) is 0 Å². The zero-order chi connectivity index (χ0) is 5.70. The lowest BCUT2D eigenvalue weighted by Crippen LogP contribution is -2.03. The number of rotatable bonds is 2. The fraction of sp³-hybridized carbons (Fsp3) is 0.667. The normalized spacial score (nSPS) is 8.14. The van der Waals surface area contributed by atoms with Crippen LogP contribution in [0.3, 0.4) is 0 Å². The van der Waals surface area contributed by atoms with Crippen molar-refractivity contribution in [3.8, 4) is 0 Å². The summed E-state index contributed by atoms with van der Waals surface area (Å²) < 4.78 is 4.17. The molecule has 7 heavy (non-hydrogen) atoms. The Morgan fingerprint density at radius 2 is 2.43 bits per heavy atom. The van der Waals surface area contributed by atoms with Gasteiger partial charge in [-0.25, -0.2) is 10.5 Å². The van der Waals surface area contributed by atoms with Gasteiger partial charge in [-0.15, -0.1) is 0 Å². The third-order valence-electron chi connectivity index (χ3n) is 0.310. The first kappa shape index (κ1) is 6.75. The number of alkyl halides is 1. The van der Waals surface area contributed by atoms with E-state index in [-0.39, 0.29) is 6.61 Å². The molecular weight excluding hydrogens is 162 g/mol. The molecule has 0 aromatic heterocycles. The Bertz CT molecular complexity index is 66.0. The molecule has 0 rings (SSSR count). The van der Waals surface area contributed by atoms with Gasteiger partial charge in [0.15, 0.2) is 0 Å². The summed E-state index contributed by atoms with van der Waals surface area (Å²) in [6.45, 7) is 0.280. The quantitative estimate of drug-likeness (QED) is 0.571. The second kappa shape index (κ2) is 3.92. The summed E-state index contributed by atoms with van der Waals surface area (Å²) in [5.74, 6) is 0. The van der Waals surface area contributed by atoms with E-state index in [9.17, 15) is 4.79 Å². The first-order valence-corrected chi connectivity index (χ1v) is 2.84. The Hall–Kier alpha value is -0.250. The van der Waals surface area contributed by atoms with Crippen LogP contribution in [0.1, 0.15) is 0 Å². The summed E-state index contributed by atoms with van der Waals surface area (Å²) in [6, 6.07) is 0. The predicted octanol–water partition coefficient (Wildman–Crippen LogP) is 0.801. The van der Waals surface area contributed by atoms with Crippen molar-refractivity contribution < 1.29 is 9.53 Å². The van der Waals surface area contributed by atoms with Gasteiger partial charge in [0.1, 0.15) is 6.61 Å². The van der Waals surface area contributed by atoms with Crippen LogP contribution < -0.4 is 5.73 Å². The highest BCUT2D eigenvalue weighted by Gasteiger charge is 1.88. The summed E-state index contributed by atoms with van der Waals surface area (Å²) in [4.78, 5) is 9.63. The monoisotopic (exact) mass is 166 g/mol. The van der Waals surface area contributed by atoms with Crippen molar-refractivity contribution in [2.24, 2.45) is 0 Å². The average molecular weight is 167 g/mol. The van der Waals surface area contributed by atoms with E-state index in [1.165, 1.54) is 0 Å². The van der Waals surface area contributed by atoms with E-state index < -0.39 is 6.09 Å². The number of ether oxygens (including phenoxy) is 1. The third kappa shape index (κ3) is 5.75. The van der Waals surface area contributed by atoms with Crippen LogP contribution in [-0.2, 0) is 4.74 Å². The summed E-state index contributed by atoms with van der Waals surface area (Å²) >= 11 is 3.02. The number of hydrogen-bond acceptors (Lipinski definition) is 2. The van der Waals surface area contributed by atoms with Crippen LogP contribution in [0.5, 0.6) is 0 Å². The van der Waals surface area contributed by atoms with Gasteiger partial charge in [-0.2, -0.15) is 0 Å². The molecule has 0 aromatic rings. The van der Waals surface area contributed by atoms with Crippen molar-refractivity contribution in [2.75, 3.05) is 11.9 Å². The topological polar surface area (TPSA) is 50.1 Å². The molecule has 0 spiro atoms. The Labute approximate surface area is 50.0 Å². The molecule has 4 heteroatoms. The Balaban J connectivity index is 2.82. The molecule has 1 amide bonds. The van der Waals surface area contributed by atoms with Crippen LogP contribution in [0.2, 0.25) is 0 Å². The fourth-order valence-electron chi connectivity index (χ4n) is 0.131. The maximum atomic E-state index is 9.63. The first-order chi connectivity index (χ1) is 3.27. The molecule has 41 valence electrons. The Morgan fingerprint density at radius 1 is 1.86 bits per heavy atom. The molecule has 1 N–H and O–H groups in total. The highest BCUT2D eigenvalue weighted by Crippen LogP contribution is 1.80. The van der Waals surface area contributed by atoms with E-state index in [1.807, 2.05) is 0 Å². The molecule has 0 bridgehead atoms. The largest absolute Gasteiger partial charge is 0.447 e. The van der Waals surface area contributed by atoms with Crippen molar-refractivity contribution in [3.05, 3.63) is 0 Å². The minimum Gasteiger partial charge on any atom is -0.447 e. The lowest BCUT2D eigenvalue weighted by molar-refractivity contribution is 0.162. The Kier molecular flexibility index (Phi) is 3.78. The number of carbonyl (C=O) groups excluding carboxylic acids is 1. The molecule has 0 fully saturated rings. The SMILES string of the molecule is [NH]C(=O)OCCBr. The molecule has 0 heterocycles. The number of carbonyl (C=O) groups is 1. The summed E-state index contributed by atoms with van der Waals surface area (Å²) in [7, 11) is 0. The molecule has 0 aromatic carbocycles. The van der Waals surface area contributed by atoms with Crippen molar-refractivity contribution >= 4 is 22.0 Å². The summed E-state index contributed by atoms with van der Waals surface area (Å²) in [5.41, 5.74) is 6.20. The maximum absolute atomic E-state index is 9.63. The van der Waals surface area contributed by atoms with E-state index in [1.54, 1.807) is 0 Å².